The summed E-state index contributed by atoms with van der Waals surface area (Å²) in [7, 11) is 0.118. The Morgan fingerprint density at radius 1 is 0.857 bits per heavy atom. The maximum absolute atomic E-state index is 12.2. The van der Waals surface area contributed by atoms with Crippen LogP contribution in [0.15, 0.2) is 0 Å². The van der Waals surface area contributed by atoms with Crippen LogP contribution in [-0.2, 0) is 23.4 Å². The fourth-order valence-electron chi connectivity index (χ4n) is 4.02. The molecule has 3 unspecified atom stereocenters. The van der Waals surface area contributed by atoms with Crippen LogP contribution in [0.4, 0.5) is 0 Å². The largest absolute Gasteiger partial charge is 0.458 e. The van der Waals surface area contributed by atoms with E-state index in [4.69, 9.17) is 14.0 Å². The molecule has 0 rings (SSSR count). The number of rotatable bonds is 25. The molecule has 0 heterocycles. The Hall–Kier alpha value is -0.460. The summed E-state index contributed by atoms with van der Waals surface area (Å²) >= 11 is 0. The first-order valence-corrected chi connectivity index (χ1v) is 15.8. The van der Waals surface area contributed by atoms with Crippen molar-refractivity contribution in [1.29, 1.82) is 0 Å². The fraction of sp³-hybridized carbons (Fsp3) is 0.963. The van der Waals surface area contributed by atoms with Crippen molar-refractivity contribution in [3.05, 3.63) is 0 Å². The fourth-order valence-corrected chi connectivity index (χ4v) is 5.09. The third kappa shape index (κ3) is 25.0. The molecule has 0 saturated carbocycles. The Bertz CT molecular complexity index is 546. The molecule has 0 aromatic rings. The van der Waals surface area contributed by atoms with Gasteiger partial charge in [-0.1, -0.05) is 90.9 Å². The maximum atomic E-state index is 12.2. The first-order valence-electron chi connectivity index (χ1n) is 14.0. The van der Waals surface area contributed by atoms with E-state index in [9.17, 15) is 14.3 Å². The van der Waals surface area contributed by atoms with E-state index in [1.807, 2.05) is 19.0 Å². The zero-order valence-corrected chi connectivity index (χ0v) is 24.4. The van der Waals surface area contributed by atoms with E-state index in [0.717, 1.165) is 6.42 Å². The summed E-state index contributed by atoms with van der Waals surface area (Å²) in [6, 6.07) is 0. The standard InChI is InChI=1S/C27H56NO6P/c1-6-7-8-9-10-11-12-13-14-15-16-17-19-25(2)22-32-23-27(34-26(3)29)24-33-35(30,31)21-18-20-28(4)5/h25,27H,6-24H2,1-5H3,(H,30,31). The molecule has 0 aromatic carbocycles. The SMILES string of the molecule is CCCCCCCCCCCCCCC(C)COCC(COP(=O)(O)CCCN(C)C)OC(C)=O. The van der Waals surface area contributed by atoms with Gasteiger partial charge in [-0.15, -0.1) is 0 Å². The number of ether oxygens (including phenoxy) is 2. The Morgan fingerprint density at radius 3 is 1.91 bits per heavy atom. The van der Waals surface area contributed by atoms with Crippen LogP contribution in [0, 0.1) is 5.92 Å². The summed E-state index contributed by atoms with van der Waals surface area (Å²) in [5, 5.41) is 0. The van der Waals surface area contributed by atoms with Gasteiger partial charge in [0, 0.05) is 13.5 Å². The average molecular weight is 522 g/mol. The van der Waals surface area contributed by atoms with Crippen molar-refractivity contribution in [2.75, 3.05) is 46.6 Å². The summed E-state index contributed by atoms with van der Waals surface area (Å²) in [5.74, 6) is -0.0286. The van der Waals surface area contributed by atoms with E-state index in [-0.39, 0.29) is 19.4 Å². The zero-order valence-electron chi connectivity index (χ0n) is 23.5. The van der Waals surface area contributed by atoms with Crippen molar-refractivity contribution in [2.45, 2.75) is 117 Å². The molecule has 0 saturated heterocycles. The molecule has 3 atom stereocenters. The van der Waals surface area contributed by atoms with Gasteiger partial charge in [-0.05, 0) is 39.4 Å². The lowest BCUT2D eigenvalue weighted by molar-refractivity contribution is -0.151. The van der Waals surface area contributed by atoms with Crippen molar-refractivity contribution < 1.29 is 28.3 Å². The molecule has 0 aliphatic heterocycles. The number of carbonyl (C=O) groups excluding carboxylic acids is 1. The lowest BCUT2D eigenvalue weighted by Gasteiger charge is -2.21. The molecule has 8 heteroatoms. The third-order valence-corrected chi connectivity index (χ3v) is 7.53. The number of hydrogen-bond acceptors (Lipinski definition) is 6. The van der Waals surface area contributed by atoms with Gasteiger partial charge in [0.25, 0.3) is 0 Å². The minimum Gasteiger partial charge on any atom is -0.458 e. The minimum atomic E-state index is -3.71. The smallest absolute Gasteiger partial charge is 0.328 e. The third-order valence-electron chi connectivity index (χ3n) is 6.10. The minimum absolute atomic E-state index is 0.0783. The molecule has 0 aromatic heterocycles. The average Bonchev–Trinajstić information content (AvgIpc) is 2.77. The predicted octanol–water partition coefficient (Wildman–Crippen LogP) is 6.82. The van der Waals surface area contributed by atoms with Gasteiger partial charge < -0.3 is 23.8 Å². The second kappa shape index (κ2) is 22.7. The quantitative estimate of drug-likeness (QED) is 0.0802. The summed E-state index contributed by atoms with van der Waals surface area (Å²) < 4.78 is 28.4. The molecular weight excluding hydrogens is 465 g/mol. The van der Waals surface area contributed by atoms with Crippen LogP contribution in [-0.4, -0.2) is 68.5 Å². The van der Waals surface area contributed by atoms with Crippen LogP contribution >= 0.6 is 7.60 Å². The molecule has 0 aliphatic rings. The van der Waals surface area contributed by atoms with E-state index in [1.54, 1.807) is 0 Å². The molecule has 0 amide bonds. The number of carbonyl (C=O) groups is 1. The Balaban J connectivity index is 3.88. The highest BCUT2D eigenvalue weighted by Crippen LogP contribution is 2.42. The van der Waals surface area contributed by atoms with Gasteiger partial charge in [-0.3, -0.25) is 9.36 Å². The number of esters is 1. The molecule has 210 valence electrons. The van der Waals surface area contributed by atoms with Crippen molar-refractivity contribution in [2.24, 2.45) is 5.92 Å². The topological polar surface area (TPSA) is 85.3 Å². The van der Waals surface area contributed by atoms with Gasteiger partial charge in [0.2, 0.25) is 0 Å². The first kappa shape index (κ1) is 34.5. The lowest BCUT2D eigenvalue weighted by atomic mass is 10.0. The zero-order chi connectivity index (χ0) is 26.4. The summed E-state index contributed by atoms with van der Waals surface area (Å²) in [6.07, 6.45) is 17.2. The van der Waals surface area contributed by atoms with E-state index in [0.29, 0.717) is 25.5 Å². The normalized spacial score (nSPS) is 15.2. The van der Waals surface area contributed by atoms with Gasteiger partial charge in [-0.25, -0.2) is 0 Å². The molecule has 0 radical (unpaired) electrons. The van der Waals surface area contributed by atoms with Crippen molar-refractivity contribution in [3.63, 3.8) is 0 Å². The van der Waals surface area contributed by atoms with Crippen molar-refractivity contribution >= 4 is 13.6 Å². The van der Waals surface area contributed by atoms with E-state index >= 15 is 0 Å². The molecule has 1 N–H and O–H groups in total. The van der Waals surface area contributed by atoms with Crippen molar-refractivity contribution in [3.8, 4) is 0 Å². The second-order valence-corrected chi connectivity index (χ2v) is 12.3. The number of nitrogens with zero attached hydrogens (tertiary/aromatic N) is 1. The van der Waals surface area contributed by atoms with Crippen LogP contribution in [0.5, 0.6) is 0 Å². The maximum Gasteiger partial charge on any atom is 0.328 e. The van der Waals surface area contributed by atoms with Gasteiger partial charge in [-0.2, -0.15) is 0 Å². The van der Waals surface area contributed by atoms with E-state index in [1.165, 1.54) is 84.0 Å². The number of unbranched alkanes of at least 4 members (excludes halogenated alkanes) is 11. The van der Waals surface area contributed by atoms with Gasteiger partial charge >= 0.3 is 13.6 Å². The molecule has 0 spiro atoms. The van der Waals surface area contributed by atoms with E-state index < -0.39 is 19.7 Å². The summed E-state index contributed by atoms with van der Waals surface area (Å²) in [5.41, 5.74) is 0. The summed E-state index contributed by atoms with van der Waals surface area (Å²) in [4.78, 5) is 23.3. The second-order valence-electron chi connectivity index (χ2n) is 10.4. The monoisotopic (exact) mass is 521 g/mol. The number of hydrogen-bond donors (Lipinski definition) is 1. The molecular formula is C27H56NO6P. The predicted molar refractivity (Wildman–Crippen MR) is 145 cm³/mol. The highest BCUT2D eigenvalue weighted by molar-refractivity contribution is 7.52. The summed E-state index contributed by atoms with van der Waals surface area (Å²) in [6.45, 7) is 7.07. The Labute approximate surface area is 216 Å². The van der Waals surface area contributed by atoms with Crippen LogP contribution in [0.2, 0.25) is 0 Å². The first-order chi connectivity index (χ1) is 16.7. The molecule has 0 fully saturated rings. The molecule has 7 nitrogen and oxygen atoms in total. The van der Waals surface area contributed by atoms with Gasteiger partial charge in [0.15, 0.2) is 0 Å². The van der Waals surface area contributed by atoms with Crippen LogP contribution in [0.3, 0.4) is 0 Å². The molecule has 0 aliphatic carbocycles. The van der Waals surface area contributed by atoms with Gasteiger partial charge in [0.05, 0.1) is 19.4 Å². The lowest BCUT2D eigenvalue weighted by Crippen LogP contribution is -2.28. The van der Waals surface area contributed by atoms with Crippen molar-refractivity contribution in [1.82, 2.24) is 4.90 Å². The highest BCUT2D eigenvalue weighted by Gasteiger charge is 2.23. The van der Waals surface area contributed by atoms with Crippen LogP contribution < -0.4 is 0 Å². The molecule has 35 heavy (non-hydrogen) atoms. The molecule has 0 bridgehead atoms. The Morgan fingerprint density at radius 2 is 1.40 bits per heavy atom. The van der Waals surface area contributed by atoms with Crippen LogP contribution in [0.1, 0.15) is 111 Å². The Kier molecular flexibility index (Phi) is 22.4. The highest BCUT2D eigenvalue weighted by atomic mass is 31.2. The van der Waals surface area contributed by atoms with Gasteiger partial charge in [0.1, 0.15) is 6.10 Å². The van der Waals surface area contributed by atoms with Crippen LogP contribution in [0.25, 0.3) is 0 Å². The van der Waals surface area contributed by atoms with E-state index in [2.05, 4.69) is 13.8 Å².